The van der Waals surface area contributed by atoms with Gasteiger partial charge in [-0.05, 0) is 47.1 Å². The molecule has 0 aromatic heterocycles. The van der Waals surface area contributed by atoms with Gasteiger partial charge in [0.25, 0.3) is 0 Å². The Kier molecular flexibility index (Phi) is 1.10. The highest BCUT2D eigenvalue weighted by Gasteiger charge is 2.72. The van der Waals surface area contributed by atoms with Crippen molar-refractivity contribution in [3.05, 3.63) is 41.5 Å². The molecule has 1 nitrogen and oxygen atoms in total. The summed E-state index contributed by atoms with van der Waals surface area (Å²) in [6, 6.07) is 6.63. The molecule has 80 valence electrons. The Morgan fingerprint density at radius 3 is 2.62 bits per heavy atom. The van der Waals surface area contributed by atoms with Crippen LogP contribution in [0.4, 0.5) is 0 Å². The summed E-state index contributed by atoms with van der Waals surface area (Å²) in [6.45, 7) is 0. The van der Waals surface area contributed by atoms with E-state index in [0.717, 1.165) is 41.3 Å². The van der Waals surface area contributed by atoms with Crippen molar-refractivity contribution in [1.29, 1.82) is 0 Å². The number of ether oxygens (including phenoxy) is 1. The van der Waals surface area contributed by atoms with Crippen LogP contribution in [0.15, 0.2) is 30.4 Å². The Bertz CT molecular complexity index is 530. The van der Waals surface area contributed by atoms with Crippen molar-refractivity contribution >= 4 is 0 Å². The molecular formula is C15H14O. The van der Waals surface area contributed by atoms with Crippen LogP contribution in [0.5, 0.6) is 5.75 Å². The minimum absolute atomic E-state index is 0.829. The number of fused-ring (bicyclic) bond motifs is 7. The highest BCUT2D eigenvalue weighted by molar-refractivity contribution is 5.59. The lowest BCUT2D eigenvalue weighted by Gasteiger charge is -2.28. The van der Waals surface area contributed by atoms with Gasteiger partial charge >= 0.3 is 0 Å². The molecule has 0 amide bonds. The van der Waals surface area contributed by atoms with Crippen LogP contribution in [0.25, 0.3) is 0 Å². The van der Waals surface area contributed by atoms with Crippen LogP contribution in [0.2, 0.25) is 0 Å². The van der Waals surface area contributed by atoms with E-state index in [-0.39, 0.29) is 0 Å². The monoisotopic (exact) mass is 210 g/mol. The number of allylic oxidation sites excluding steroid dienone is 2. The first kappa shape index (κ1) is 7.94. The largest absolute Gasteiger partial charge is 0.496 e. The second-order valence-electron chi connectivity index (χ2n) is 5.71. The molecule has 1 heteroatoms. The van der Waals surface area contributed by atoms with Gasteiger partial charge in [0.2, 0.25) is 0 Å². The van der Waals surface area contributed by atoms with Crippen molar-refractivity contribution in [2.45, 2.75) is 11.8 Å². The number of methoxy groups -OCH3 is 1. The molecular weight excluding hydrogens is 196 g/mol. The van der Waals surface area contributed by atoms with Gasteiger partial charge in [0.1, 0.15) is 5.75 Å². The van der Waals surface area contributed by atoms with Crippen molar-refractivity contribution in [1.82, 2.24) is 0 Å². The Balaban J connectivity index is 1.77. The lowest BCUT2D eigenvalue weighted by molar-refractivity contribution is 0.393. The van der Waals surface area contributed by atoms with Gasteiger partial charge in [-0.25, -0.2) is 0 Å². The molecule has 0 aliphatic heterocycles. The zero-order chi connectivity index (χ0) is 10.4. The summed E-state index contributed by atoms with van der Waals surface area (Å²) in [5.41, 5.74) is 3.16. The summed E-state index contributed by atoms with van der Waals surface area (Å²) in [5, 5.41) is 0. The van der Waals surface area contributed by atoms with Gasteiger partial charge in [-0.2, -0.15) is 0 Å². The molecule has 16 heavy (non-hydrogen) atoms. The third-order valence-corrected chi connectivity index (χ3v) is 5.42. The summed E-state index contributed by atoms with van der Waals surface area (Å²) in [4.78, 5) is 0. The van der Waals surface area contributed by atoms with Gasteiger partial charge in [0.15, 0.2) is 0 Å². The second-order valence-corrected chi connectivity index (χ2v) is 5.71. The summed E-state index contributed by atoms with van der Waals surface area (Å²) < 4.78 is 5.55. The molecule has 5 rings (SSSR count). The van der Waals surface area contributed by atoms with E-state index in [1.807, 2.05) is 0 Å². The fourth-order valence-corrected chi connectivity index (χ4v) is 4.87. The molecule has 0 heterocycles. The molecule has 1 aromatic rings. The van der Waals surface area contributed by atoms with E-state index in [4.69, 9.17) is 4.74 Å². The summed E-state index contributed by atoms with van der Waals surface area (Å²) in [6.07, 6.45) is 4.88. The van der Waals surface area contributed by atoms with Crippen LogP contribution in [-0.2, 0) is 0 Å². The van der Waals surface area contributed by atoms with E-state index >= 15 is 0 Å². The van der Waals surface area contributed by atoms with Gasteiger partial charge in [0, 0.05) is 5.56 Å². The van der Waals surface area contributed by atoms with Crippen LogP contribution >= 0.6 is 0 Å². The van der Waals surface area contributed by atoms with E-state index in [1.165, 1.54) is 0 Å². The van der Waals surface area contributed by atoms with Gasteiger partial charge in [-0.1, -0.05) is 24.3 Å². The van der Waals surface area contributed by atoms with Crippen LogP contribution in [0, 0.1) is 23.7 Å². The van der Waals surface area contributed by atoms with E-state index in [2.05, 4.69) is 30.4 Å². The number of hydrogen-bond donors (Lipinski definition) is 0. The first-order valence-electron chi connectivity index (χ1n) is 6.27. The Morgan fingerprint density at radius 2 is 1.88 bits per heavy atom. The minimum Gasteiger partial charge on any atom is -0.496 e. The quantitative estimate of drug-likeness (QED) is 0.647. The highest BCUT2D eigenvalue weighted by atomic mass is 16.5. The molecule has 0 spiro atoms. The van der Waals surface area contributed by atoms with Gasteiger partial charge in [-0.15, -0.1) is 0 Å². The standard InChI is InChI=1S/C15H14O/c1-16-10-4-2-3-9-11-7-5-6-8(7)13-14(11)15(13)12(9)10/h2-8,11,13-15H,1H3/t7-,8-,11+,13-,14-,15-/m0/s1. The molecule has 2 fully saturated rings. The van der Waals surface area contributed by atoms with E-state index in [0.29, 0.717) is 0 Å². The summed E-state index contributed by atoms with van der Waals surface area (Å²) >= 11 is 0. The van der Waals surface area contributed by atoms with Crippen molar-refractivity contribution < 1.29 is 4.74 Å². The van der Waals surface area contributed by atoms with E-state index in [9.17, 15) is 0 Å². The van der Waals surface area contributed by atoms with Crippen LogP contribution in [0.1, 0.15) is 23.0 Å². The SMILES string of the molecule is COc1cccc2c1[C@@H]1[C@H]3[C@@H]2[C@H]2C=C[C@@H]2[C@H]13. The number of benzene rings is 1. The third kappa shape index (κ3) is 0.611. The molecule has 0 N–H and O–H groups in total. The summed E-state index contributed by atoms with van der Waals surface area (Å²) in [5.74, 6) is 6.48. The maximum Gasteiger partial charge on any atom is 0.122 e. The van der Waals surface area contributed by atoms with Crippen molar-refractivity contribution in [3.8, 4) is 5.75 Å². The number of rotatable bonds is 1. The molecule has 4 aliphatic rings. The first-order valence-corrected chi connectivity index (χ1v) is 6.27. The second kappa shape index (κ2) is 2.22. The lowest BCUT2D eigenvalue weighted by Crippen LogP contribution is -2.19. The summed E-state index contributed by atoms with van der Waals surface area (Å²) in [7, 11) is 1.81. The van der Waals surface area contributed by atoms with Crippen molar-refractivity contribution in [3.63, 3.8) is 0 Å². The molecule has 0 bridgehead atoms. The zero-order valence-electron chi connectivity index (χ0n) is 9.26. The number of hydrogen-bond acceptors (Lipinski definition) is 1. The topological polar surface area (TPSA) is 9.23 Å². The molecule has 1 aromatic carbocycles. The van der Waals surface area contributed by atoms with Gasteiger partial charge < -0.3 is 4.74 Å². The van der Waals surface area contributed by atoms with Crippen LogP contribution < -0.4 is 4.74 Å². The van der Waals surface area contributed by atoms with Gasteiger partial charge in [-0.3, -0.25) is 0 Å². The van der Waals surface area contributed by atoms with E-state index < -0.39 is 0 Å². The molecule has 4 aliphatic carbocycles. The molecule has 2 saturated carbocycles. The van der Waals surface area contributed by atoms with Crippen LogP contribution in [0.3, 0.4) is 0 Å². The average Bonchev–Trinajstić information content (AvgIpc) is 2.80. The zero-order valence-corrected chi connectivity index (χ0v) is 9.26. The average molecular weight is 210 g/mol. The maximum absolute atomic E-state index is 5.55. The molecule has 0 unspecified atom stereocenters. The normalized spacial score (nSPS) is 48.1. The Labute approximate surface area is 95.1 Å². The smallest absolute Gasteiger partial charge is 0.122 e. The van der Waals surface area contributed by atoms with Gasteiger partial charge in [0.05, 0.1) is 7.11 Å². The molecule has 0 saturated heterocycles. The predicted molar refractivity (Wildman–Crippen MR) is 61.6 cm³/mol. The maximum atomic E-state index is 5.55. The third-order valence-electron chi connectivity index (χ3n) is 5.42. The fourth-order valence-electron chi connectivity index (χ4n) is 4.87. The minimum atomic E-state index is 0.829. The lowest BCUT2D eigenvalue weighted by atomic mass is 9.76. The fraction of sp³-hybridized carbons (Fsp3) is 0.467. The predicted octanol–water partition coefficient (Wildman–Crippen LogP) is 2.94. The van der Waals surface area contributed by atoms with E-state index in [1.54, 1.807) is 18.2 Å². The highest BCUT2D eigenvalue weighted by Crippen LogP contribution is 2.80. The Morgan fingerprint density at radius 1 is 1.00 bits per heavy atom. The first-order chi connectivity index (χ1) is 7.92. The van der Waals surface area contributed by atoms with Crippen LogP contribution in [-0.4, -0.2) is 7.11 Å². The molecule has 6 atom stereocenters. The van der Waals surface area contributed by atoms with Crippen molar-refractivity contribution in [2.75, 3.05) is 7.11 Å². The Hall–Kier alpha value is -1.24. The van der Waals surface area contributed by atoms with Crippen molar-refractivity contribution in [2.24, 2.45) is 23.7 Å². The molecule has 0 radical (unpaired) electrons.